The molecule has 0 atom stereocenters. The molecule has 0 unspecified atom stereocenters. The number of fused-ring (bicyclic) bond motifs is 2. The molecule has 0 aliphatic heterocycles. The summed E-state index contributed by atoms with van der Waals surface area (Å²) in [5.74, 6) is -1.24. The number of carboxylic acids is 1. The van der Waals surface area contributed by atoms with E-state index in [4.69, 9.17) is 5.10 Å². The molecule has 0 saturated heterocycles. The molecule has 170 valence electrons. The largest absolute Gasteiger partial charge is 0.480 e. The molecule has 6 nitrogen and oxygen atoms in total. The highest BCUT2D eigenvalue weighted by Gasteiger charge is 2.21. The number of hydrogen-bond donors (Lipinski definition) is 1. The van der Waals surface area contributed by atoms with Gasteiger partial charge >= 0.3 is 5.97 Å². The van der Waals surface area contributed by atoms with E-state index in [2.05, 4.69) is 0 Å². The summed E-state index contributed by atoms with van der Waals surface area (Å²) in [6, 6.07) is 21.1. The van der Waals surface area contributed by atoms with Gasteiger partial charge in [0.1, 0.15) is 18.1 Å². The van der Waals surface area contributed by atoms with Crippen LogP contribution in [0.3, 0.4) is 0 Å². The van der Waals surface area contributed by atoms with Crippen molar-refractivity contribution >= 4 is 27.6 Å². The van der Waals surface area contributed by atoms with Crippen molar-refractivity contribution in [3.05, 3.63) is 100 Å². The van der Waals surface area contributed by atoms with Gasteiger partial charge in [-0.1, -0.05) is 48.5 Å². The van der Waals surface area contributed by atoms with Crippen LogP contribution < -0.4 is 5.56 Å². The SMILES string of the molecule is Cc1c(-c2nn(CCc3ccc(F)cc3)c(=O)c3ccccc23)c2ccccc2n1CC(=O)O. The van der Waals surface area contributed by atoms with Crippen molar-refractivity contribution in [2.24, 2.45) is 0 Å². The van der Waals surface area contributed by atoms with E-state index in [0.29, 0.717) is 29.4 Å². The van der Waals surface area contributed by atoms with Gasteiger partial charge in [0.2, 0.25) is 0 Å². The number of rotatable bonds is 6. The van der Waals surface area contributed by atoms with Crippen molar-refractivity contribution in [2.75, 3.05) is 0 Å². The Morgan fingerprint density at radius 2 is 1.59 bits per heavy atom. The van der Waals surface area contributed by atoms with Gasteiger partial charge in [-0.25, -0.2) is 9.07 Å². The fourth-order valence-corrected chi connectivity index (χ4v) is 4.53. The molecule has 0 radical (unpaired) electrons. The molecule has 0 spiro atoms. The van der Waals surface area contributed by atoms with Gasteiger partial charge in [0.25, 0.3) is 5.56 Å². The second-order valence-corrected chi connectivity index (χ2v) is 8.26. The van der Waals surface area contributed by atoms with E-state index in [1.54, 1.807) is 22.8 Å². The van der Waals surface area contributed by atoms with Gasteiger partial charge in [-0.2, -0.15) is 5.10 Å². The highest BCUT2D eigenvalue weighted by atomic mass is 19.1. The van der Waals surface area contributed by atoms with Crippen LogP contribution in [0.4, 0.5) is 4.39 Å². The van der Waals surface area contributed by atoms with E-state index in [1.165, 1.54) is 16.8 Å². The number of carboxylic acid groups (broad SMARTS) is 1. The minimum Gasteiger partial charge on any atom is -0.480 e. The molecule has 1 N–H and O–H groups in total. The summed E-state index contributed by atoms with van der Waals surface area (Å²) in [6.07, 6.45) is 0.519. The molecular weight excluding hydrogens is 433 g/mol. The van der Waals surface area contributed by atoms with E-state index in [0.717, 1.165) is 27.7 Å². The minimum absolute atomic E-state index is 0.172. The van der Waals surface area contributed by atoms with Crippen molar-refractivity contribution < 1.29 is 14.3 Å². The lowest BCUT2D eigenvalue weighted by atomic mass is 10.0. The number of para-hydroxylation sites is 1. The Kier molecular flexibility index (Phi) is 5.45. The predicted molar refractivity (Wildman–Crippen MR) is 129 cm³/mol. The third kappa shape index (κ3) is 3.75. The molecule has 0 saturated carbocycles. The predicted octanol–water partition coefficient (Wildman–Crippen LogP) is 4.79. The molecular formula is C27H22FN3O3. The zero-order valence-electron chi connectivity index (χ0n) is 18.5. The smallest absolute Gasteiger partial charge is 0.323 e. The first-order valence-corrected chi connectivity index (χ1v) is 11.0. The van der Waals surface area contributed by atoms with Crippen LogP contribution in [0, 0.1) is 12.7 Å². The van der Waals surface area contributed by atoms with Gasteiger partial charge in [-0.3, -0.25) is 9.59 Å². The second-order valence-electron chi connectivity index (χ2n) is 8.26. The molecule has 3 aromatic carbocycles. The van der Waals surface area contributed by atoms with Crippen LogP contribution in [-0.2, 0) is 24.3 Å². The summed E-state index contributed by atoms with van der Waals surface area (Å²) in [5, 5.41) is 16.4. The van der Waals surface area contributed by atoms with Crippen LogP contribution >= 0.6 is 0 Å². The van der Waals surface area contributed by atoms with Gasteiger partial charge in [-0.15, -0.1) is 0 Å². The number of benzene rings is 3. The van der Waals surface area contributed by atoms with Crippen LogP contribution in [0.2, 0.25) is 0 Å². The van der Waals surface area contributed by atoms with E-state index in [9.17, 15) is 19.1 Å². The van der Waals surface area contributed by atoms with Crippen LogP contribution in [0.15, 0.2) is 77.6 Å². The number of hydrogen-bond acceptors (Lipinski definition) is 3. The Morgan fingerprint density at radius 3 is 2.29 bits per heavy atom. The average Bonchev–Trinajstić information content (AvgIpc) is 3.11. The summed E-state index contributed by atoms with van der Waals surface area (Å²) in [6.45, 7) is 2.03. The number of aromatic nitrogens is 3. The topological polar surface area (TPSA) is 77.1 Å². The van der Waals surface area contributed by atoms with Crippen molar-refractivity contribution in [2.45, 2.75) is 26.4 Å². The van der Waals surface area contributed by atoms with Crippen molar-refractivity contribution in [1.29, 1.82) is 0 Å². The number of aliphatic carboxylic acids is 1. The molecule has 34 heavy (non-hydrogen) atoms. The fourth-order valence-electron chi connectivity index (χ4n) is 4.53. The second kappa shape index (κ2) is 8.59. The number of nitrogens with zero attached hydrogens (tertiary/aromatic N) is 3. The molecule has 0 amide bonds. The molecule has 2 heterocycles. The first kappa shape index (κ1) is 21.6. The minimum atomic E-state index is -0.933. The van der Waals surface area contributed by atoms with Crippen LogP contribution in [0.25, 0.3) is 32.9 Å². The highest BCUT2D eigenvalue weighted by molar-refractivity contribution is 6.05. The van der Waals surface area contributed by atoms with E-state index in [-0.39, 0.29) is 17.9 Å². The lowest BCUT2D eigenvalue weighted by Gasteiger charge is -2.12. The van der Waals surface area contributed by atoms with Crippen molar-refractivity contribution in [3.8, 4) is 11.3 Å². The van der Waals surface area contributed by atoms with Gasteiger partial charge in [0.15, 0.2) is 0 Å². The molecule has 0 aliphatic carbocycles. The molecule has 7 heteroatoms. The van der Waals surface area contributed by atoms with E-state index >= 15 is 0 Å². The van der Waals surface area contributed by atoms with Crippen LogP contribution in [0.5, 0.6) is 0 Å². The first-order chi connectivity index (χ1) is 16.4. The first-order valence-electron chi connectivity index (χ1n) is 11.0. The van der Waals surface area contributed by atoms with E-state index in [1.807, 2.05) is 49.4 Å². The Bertz CT molecular complexity index is 1600. The Morgan fingerprint density at radius 1 is 0.941 bits per heavy atom. The number of halogens is 1. The van der Waals surface area contributed by atoms with Gasteiger partial charge in [0.05, 0.1) is 5.39 Å². The molecule has 0 bridgehead atoms. The normalized spacial score (nSPS) is 11.4. The molecule has 0 aliphatic rings. The number of aryl methyl sites for hydroxylation is 2. The van der Waals surface area contributed by atoms with Gasteiger partial charge in [0, 0.05) is 34.1 Å². The third-order valence-corrected chi connectivity index (χ3v) is 6.15. The monoisotopic (exact) mass is 455 g/mol. The zero-order valence-corrected chi connectivity index (χ0v) is 18.5. The fraction of sp³-hybridized carbons (Fsp3) is 0.148. The lowest BCUT2D eigenvalue weighted by molar-refractivity contribution is -0.137. The van der Waals surface area contributed by atoms with Gasteiger partial charge < -0.3 is 9.67 Å². The molecule has 5 rings (SSSR count). The quantitative estimate of drug-likeness (QED) is 0.399. The van der Waals surface area contributed by atoms with Crippen LogP contribution in [0.1, 0.15) is 11.3 Å². The molecule has 0 fully saturated rings. The number of carbonyl (C=O) groups is 1. The van der Waals surface area contributed by atoms with E-state index < -0.39 is 5.97 Å². The lowest BCUT2D eigenvalue weighted by Crippen LogP contribution is -2.25. The Balaban J connectivity index is 1.71. The van der Waals surface area contributed by atoms with Crippen molar-refractivity contribution in [1.82, 2.24) is 14.3 Å². The standard InChI is InChI=1S/C27H22FN3O3/c1-17-25(22-8-4-5-9-23(22)30(17)16-24(32)33)26-20-6-2-3-7-21(20)27(34)31(29-26)15-14-18-10-12-19(28)13-11-18/h2-13H,14-16H2,1H3,(H,32,33). The molecule has 2 aromatic heterocycles. The summed E-state index contributed by atoms with van der Waals surface area (Å²) in [4.78, 5) is 24.8. The summed E-state index contributed by atoms with van der Waals surface area (Å²) >= 11 is 0. The van der Waals surface area contributed by atoms with Crippen molar-refractivity contribution in [3.63, 3.8) is 0 Å². The maximum absolute atomic E-state index is 13.3. The van der Waals surface area contributed by atoms with Gasteiger partial charge in [-0.05, 0) is 43.2 Å². The molecule has 5 aromatic rings. The zero-order chi connectivity index (χ0) is 23.8. The highest BCUT2D eigenvalue weighted by Crippen LogP contribution is 2.36. The third-order valence-electron chi connectivity index (χ3n) is 6.15. The maximum Gasteiger partial charge on any atom is 0.323 e. The average molecular weight is 455 g/mol. The summed E-state index contributed by atoms with van der Waals surface area (Å²) < 4.78 is 16.5. The Labute approximate surface area is 194 Å². The maximum atomic E-state index is 13.3. The summed E-state index contributed by atoms with van der Waals surface area (Å²) in [5.41, 5.74) is 3.71. The summed E-state index contributed by atoms with van der Waals surface area (Å²) in [7, 11) is 0. The van der Waals surface area contributed by atoms with Crippen LogP contribution in [-0.4, -0.2) is 25.4 Å². The Hall–Kier alpha value is -4.26.